The van der Waals surface area contributed by atoms with Gasteiger partial charge in [0.05, 0.1) is 6.61 Å². The summed E-state index contributed by atoms with van der Waals surface area (Å²) in [5, 5.41) is 0. The lowest BCUT2D eigenvalue weighted by molar-refractivity contribution is 0.0693. The Morgan fingerprint density at radius 1 is 1.00 bits per heavy atom. The summed E-state index contributed by atoms with van der Waals surface area (Å²) in [5.41, 5.74) is 4.87. The third kappa shape index (κ3) is 3.18. The summed E-state index contributed by atoms with van der Waals surface area (Å²) in [6, 6.07) is 14.7. The number of carbonyl (C=O) groups is 1. The van der Waals surface area contributed by atoms with Gasteiger partial charge in [0.25, 0.3) is 5.91 Å². The van der Waals surface area contributed by atoms with Gasteiger partial charge in [-0.15, -0.1) is 0 Å². The van der Waals surface area contributed by atoms with E-state index in [0.29, 0.717) is 5.92 Å². The number of hydrogen-bond acceptors (Lipinski definition) is 3. The molecule has 0 N–H and O–H groups in total. The van der Waals surface area contributed by atoms with Crippen molar-refractivity contribution >= 4 is 11.6 Å². The monoisotopic (exact) mass is 362 g/mol. The van der Waals surface area contributed by atoms with Gasteiger partial charge >= 0.3 is 0 Å². The predicted octanol–water partition coefficient (Wildman–Crippen LogP) is 3.54. The molecule has 4 heteroatoms. The van der Waals surface area contributed by atoms with Crippen molar-refractivity contribution in [2.24, 2.45) is 5.92 Å². The van der Waals surface area contributed by atoms with E-state index >= 15 is 0 Å². The predicted molar refractivity (Wildman–Crippen MR) is 107 cm³/mol. The first-order chi connectivity index (χ1) is 13.3. The van der Waals surface area contributed by atoms with Crippen molar-refractivity contribution in [1.29, 1.82) is 0 Å². The maximum Gasteiger partial charge on any atom is 0.253 e. The Morgan fingerprint density at radius 2 is 1.85 bits per heavy atom. The van der Waals surface area contributed by atoms with Gasteiger partial charge in [0.2, 0.25) is 0 Å². The zero-order chi connectivity index (χ0) is 18.2. The van der Waals surface area contributed by atoms with Crippen molar-refractivity contribution in [3.05, 3.63) is 59.2 Å². The normalized spacial score (nSPS) is 19.0. The van der Waals surface area contributed by atoms with Crippen LogP contribution < -0.4 is 9.64 Å². The molecule has 4 nitrogen and oxygen atoms in total. The molecule has 5 rings (SSSR count). The van der Waals surface area contributed by atoms with Crippen LogP contribution in [0.5, 0.6) is 5.75 Å². The fraction of sp³-hybridized carbons (Fsp3) is 0.435. The number of likely N-dealkylation sites (tertiary alicyclic amines) is 1. The minimum atomic E-state index is 0.176. The van der Waals surface area contributed by atoms with E-state index in [4.69, 9.17) is 4.74 Å². The molecular formula is C23H26N2O2. The number of nitrogens with zero attached hydrogens (tertiary/aromatic N) is 2. The Morgan fingerprint density at radius 3 is 2.74 bits per heavy atom. The molecule has 2 aromatic rings. The van der Waals surface area contributed by atoms with Crippen molar-refractivity contribution in [2.75, 3.05) is 37.7 Å². The molecule has 27 heavy (non-hydrogen) atoms. The maximum absolute atomic E-state index is 12.9. The summed E-state index contributed by atoms with van der Waals surface area (Å²) < 4.78 is 5.55. The van der Waals surface area contributed by atoms with E-state index in [-0.39, 0.29) is 5.91 Å². The fourth-order valence-electron chi connectivity index (χ4n) is 4.73. The van der Waals surface area contributed by atoms with Crippen molar-refractivity contribution in [3.63, 3.8) is 0 Å². The molecule has 0 aliphatic carbocycles. The molecule has 0 aromatic heterocycles. The second kappa shape index (κ2) is 6.91. The highest BCUT2D eigenvalue weighted by Gasteiger charge is 2.27. The molecule has 0 spiro atoms. The molecule has 3 heterocycles. The summed E-state index contributed by atoms with van der Waals surface area (Å²) in [5.74, 6) is 1.79. The number of carbonyl (C=O) groups excluding carboxylic acids is 1. The third-order valence-corrected chi connectivity index (χ3v) is 6.30. The Kier molecular flexibility index (Phi) is 4.27. The van der Waals surface area contributed by atoms with Gasteiger partial charge in [-0.2, -0.15) is 0 Å². The average molecular weight is 362 g/mol. The fourth-order valence-corrected chi connectivity index (χ4v) is 4.73. The number of hydrogen-bond donors (Lipinski definition) is 0. The van der Waals surface area contributed by atoms with Crippen LogP contribution in [0.4, 0.5) is 5.69 Å². The Labute approximate surface area is 160 Å². The molecule has 0 radical (unpaired) electrons. The number of benzene rings is 2. The van der Waals surface area contributed by atoms with Crippen LogP contribution >= 0.6 is 0 Å². The second-order valence-corrected chi connectivity index (χ2v) is 7.98. The van der Waals surface area contributed by atoms with Gasteiger partial charge in [-0.1, -0.05) is 18.2 Å². The van der Waals surface area contributed by atoms with Crippen LogP contribution in [-0.2, 0) is 12.8 Å². The summed E-state index contributed by atoms with van der Waals surface area (Å²) >= 11 is 0. The van der Waals surface area contributed by atoms with Crippen LogP contribution in [0.15, 0.2) is 42.5 Å². The van der Waals surface area contributed by atoms with E-state index in [1.165, 1.54) is 16.8 Å². The standard InChI is InChI=1S/C23H26N2O2/c26-23(20-5-6-22-19(15-20)10-14-27-22)24-11-7-17(8-12-24)16-25-13-9-18-3-1-2-4-21(18)25/h1-6,15,17H,7-14,16H2. The Balaban J connectivity index is 1.19. The van der Waals surface area contributed by atoms with Crippen molar-refractivity contribution in [1.82, 2.24) is 4.90 Å². The molecule has 3 aliphatic rings. The maximum atomic E-state index is 12.9. The Bertz CT molecular complexity index is 855. The van der Waals surface area contributed by atoms with Gasteiger partial charge in [0, 0.05) is 43.9 Å². The summed E-state index contributed by atoms with van der Waals surface area (Å²) in [7, 11) is 0. The van der Waals surface area contributed by atoms with E-state index in [1.807, 2.05) is 23.1 Å². The van der Waals surface area contributed by atoms with Crippen LogP contribution in [-0.4, -0.2) is 43.6 Å². The van der Waals surface area contributed by atoms with Crippen LogP contribution in [0.25, 0.3) is 0 Å². The van der Waals surface area contributed by atoms with Gasteiger partial charge in [-0.3, -0.25) is 4.79 Å². The molecule has 0 saturated carbocycles. The molecule has 3 aliphatic heterocycles. The number of ether oxygens (including phenoxy) is 1. The number of anilines is 1. The molecule has 0 unspecified atom stereocenters. The first kappa shape index (κ1) is 16.7. The van der Waals surface area contributed by atoms with Crippen LogP contribution in [0.2, 0.25) is 0 Å². The molecule has 2 aromatic carbocycles. The smallest absolute Gasteiger partial charge is 0.253 e. The minimum absolute atomic E-state index is 0.176. The highest BCUT2D eigenvalue weighted by Crippen LogP contribution is 2.31. The number of rotatable bonds is 3. The van der Waals surface area contributed by atoms with Gasteiger partial charge in [-0.25, -0.2) is 0 Å². The minimum Gasteiger partial charge on any atom is -0.493 e. The molecule has 140 valence electrons. The molecule has 1 fully saturated rings. The van der Waals surface area contributed by atoms with E-state index in [1.54, 1.807) is 0 Å². The third-order valence-electron chi connectivity index (χ3n) is 6.30. The lowest BCUT2D eigenvalue weighted by atomic mass is 9.95. The van der Waals surface area contributed by atoms with Gasteiger partial charge < -0.3 is 14.5 Å². The van der Waals surface area contributed by atoms with Gasteiger partial charge in [-0.05, 0) is 60.6 Å². The quantitative estimate of drug-likeness (QED) is 0.837. The molecule has 0 bridgehead atoms. The summed E-state index contributed by atoms with van der Waals surface area (Å²) in [4.78, 5) is 17.5. The highest BCUT2D eigenvalue weighted by molar-refractivity contribution is 5.94. The number of para-hydroxylation sites is 1. The topological polar surface area (TPSA) is 32.8 Å². The number of piperidine rings is 1. The summed E-state index contributed by atoms with van der Waals surface area (Å²) in [6.07, 6.45) is 4.27. The number of fused-ring (bicyclic) bond motifs is 2. The zero-order valence-corrected chi connectivity index (χ0v) is 15.7. The van der Waals surface area contributed by atoms with Crippen molar-refractivity contribution < 1.29 is 9.53 Å². The first-order valence-electron chi connectivity index (χ1n) is 10.2. The van der Waals surface area contributed by atoms with Crippen LogP contribution in [0.3, 0.4) is 0 Å². The molecular weight excluding hydrogens is 336 g/mol. The molecule has 0 atom stereocenters. The summed E-state index contributed by atoms with van der Waals surface area (Å²) in [6.45, 7) is 4.72. The van der Waals surface area contributed by atoms with Crippen molar-refractivity contribution in [2.45, 2.75) is 25.7 Å². The average Bonchev–Trinajstić information content (AvgIpc) is 3.35. The largest absolute Gasteiger partial charge is 0.493 e. The van der Waals surface area contributed by atoms with Crippen LogP contribution in [0, 0.1) is 5.92 Å². The van der Waals surface area contributed by atoms with Gasteiger partial charge in [0.1, 0.15) is 5.75 Å². The zero-order valence-electron chi connectivity index (χ0n) is 15.7. The van der Waals surface area contributed by atoms with E-state index in [2.05, 4.69) is 29.2 Å². The first-order valence-corrected chi connectivity index (χ1v) is 10.2. The lowest BCUT2D eigenvalue weighted by Gasteiger charge is -2.34. The van der Waals surface area contributed by atoms with E-state index in [9.17, 15) is 4.79 Å². The van der Waals surface area contributed by atoms with Crippen molar-refractivity contribution in [3.8, 4) is 5.75 Å². The van der Waals surface area contributed by atoms with E-state index < -0.39 is 0 Å². The highest BCUT2D eigenvalue weighted by atomic mass is 16.5. The van der Waals surface area contributed by atoms with E-state index in [0.717, 1.165) is 69.8 Å². The SMILES string of the molecule is O=C(c1ccc2c(c1)CCO2)N1CCC(CN2CCc3ccccc32)CC1. The second-order valence-electron chi connectivity index (χ2n) is 7.98. The van der Waals surface area contributed by atoms with Crippen LogP contribution in [0.1, 0.15) is 34.3 Å². The van der Waals surface area contributed by atoms with Gasteiger partial charge in [0.15, 0.2) is 0 Å². The molecule has 1 amide bonds. The Hall–Kier alpha value is -2.49. The molecule has 1 saturated heterocycles. The number of amides is 1. The lowest BCUT2D eigenvalue weighted by Crippen LogP contribution is -2.41.